The summed E-state index contributed by atoms with van der Waals surface area (Å²) < 4.78 is 11.6. The molecule has 1 aromatic carbocycles. The predicted molar refractivity (Wildman–Crippen MR) is 112 cm³/mol. The number of cyclic esters (lactones) is 1. The number of carbonyl (C=O) groups excluding carboxylic acids is 1. The molecular formula is C23H26O5S. The Morgan fingerprint density at radius 2 is 1.83 bits per heavy atom. The zero-order chi connectivity index (χ0) is 20.2. The smallest absolute Gasteiger partial charge is 0.333 e. The van der Waals surface area contributed by atoms with Gasteiger partial charge in [-0.25, -0.2) is 4.79 Å². The van der Waals surface area contributed by atoms with E-state index in [1.54, 1.807) is 0 Å². The van der Waals surface area contributed by atoms with Gasteiger partial charge in [-0.3, -0.25) is 0 Å². The predicted octanol–water partition coefficient (Wildman–Crippen LogP) is 4.23. The van der Waals surface area contributed by atoms with Gasteiger partial charge in [-0.2, -0.15) is 0 Å². The van der Waals surface area contributed by atoms with Gasteiger partial charge in [0.05, 0.1) is 6.10 Å². The molecule has 154 valence electrons. The van der Waals surface area contributed by atoms with Crippen molar-refractivity contribution in [3.63, 3.8) is 0 Å². The molecule has 0 bridgehead atoms. The SMILES string of the molecule is O=C1C=C(C2CC=C(CCCCCCc3cc4ccccc4s3)C(O)O2)C(O)O1. The molecule has 2 N–H and O–H groups in total. The summed E-state index contributed by atoms with van der Waals surface area (Å²) in [6.07, 6.45) is 7.35. The maximum absolute atomic E-state index is 11.2. The zero-order valence-corrected chi connectivity index (χ0v) is 17.1. The highest BCUT2D eigenvalue weighted by molar-refractivity contribution is 7.19. The fraction of sp³-hybridized carbons (Fsp3) is 0.435. The quantitative estimate of drug-likeness (QED) is 0.384. The number of unbranched alkanes of at least 4 members (excludes halogenated alkanes) is 3. The molecular weight excluding hydrogens is 388 g/mol. The third kappa shape index (κ3) is 4.95. The van der Waals surface area contributed by atoms with Gasteiger partial charge in [-0.05, 0) is 55.2 Å². The van der Waals surface area contributed by atoms with Crippen LogP contribution in [0.15, 0.2) is 53.6 Å². The summed E-state index contributed by atoms with van der Waals surface area (Å²) >= 11 is 1.88. The Morgan fingerprint density at radius 1 is 1.03 bits per heavy atom. The second-order valence-corrected chi connectivity index (χ2v) is 8.76. The van der Waals surface area contributed by atoms with Crippen LogP contribution in [0.1, 0.15) is 43.4 Å². The van der Waals surface area contributed by atoms with Gasteiger partial charge >= 0.3 is 5.97 Å². The molecule has 3 unspecified atom stereocenters. The van der Waals surface area contributed by atoms with Crippen LogP contribution in [-0.2, 0) is 20.7 Å². The van der Waals surface area contributed by atoms with Gasteiger partial charge in [0.15, 0.2) is 6.29 Å². The minimum absolute atomic E-state index is 0.380. The zero-order valence-electron chi connectivity index (χ0n) is 16.3. The first-order valence-electron chi connectivity index (χ1n) is 10.2. The average Bonchev–Trinajstić information content (AvgIpc) is 3.27. The molecule has 0 saturated heterocycles. The Morgan fingerprint density at radius 3 is 2.55 bits per heavy atom. The number of thiophene rings is 1. The fourth-order valence-corrected chi connectivity index (χ4v) is 5.02. The van der Waals surface area contributed by atoms with Crippen LogP contribution in [0.4, 0.5) is 0 Å². The Kier molecular flexibility index (Phi) is 6.45. The highest BCUT2D eigenvalue weighted by Gasteiger charge is 2.34. The van der Waals surface area contributed by atoms with Gasteiger partial charge in [-0.15, -0.1) is 11.3 Å². The van der Waals surface area contributed by atoms with E-state index < -0.39 is 24.7 Å². The van der Waals surface area contributed by atoms with E-state index in [-0.39, 0.29) is 0 Å². The van der Waals surface area contributed by atoms with Crippen LogP contribution in [-0.4, -0.2) is 34.9 Å². The monoisotopic (exact) mass is 414 g/mol. The number of carbonyl (C=O) groups is 1. The van der Waals surface area contributed by atoms with Gasteiger partial charge in [0.25, 0.3) is 0 Å². The lowest BCUT2D eigenvalue weighted by Crippen LogP contribution is -2.32. The van der Waals surface area contributed by atoms with Crippen LogP contribution >= 0.6 is 11.3 Å². The molecule has 5 nitrogen and oxygen atoms in total. The molecule has 2 aromatic rings. The fourth-order valence-electron chi connectivity index (χ4n) is 3.91. The van der Waals surface area contributed by atoms with Crippen molar-refractivity contribution in [2.45, 2.75) is 63.6 Å². The van der Waals surface area contributed by atoms with Crippen LogP contribution in [0.2, 0.25) is 0 Å². The molecule has 0 aliphatic carbocycles. The first kappa shape index (κ1) is 20.3. The lowest BCUT2D eigenvalue weighted by molar-refractivity contribution is -0.155. The van der Waals surface area contributed by atoms with Gasteiger partial charge in [0.1, 0.15) is 0 Å². The third-order valence-corrected chi connectivity index (χ3v) is 6.66. The molecule has 2 aliphatic heterocycles. The lowest BCUT2D eigenvalue weighted by Gasteiger charge is -2.28. The summed E-state index contributed by atoms with van der Waals surface area (Å²) in [5.41, 5.74) is 1.26. The largest absolute Gasteiger partial charge is 0.429 e. The Bertz CT molecular complexity index is 895. The maximum atomic E-state index is 11.2. The molecule has 3 heterocycles. The number of fused-ring (bicyclic) bond motifs is 1. The van der Waals surface area contributed by atoms with Crippen molar-refractivity contribution in [2.75, 3.05) is 0 Å². The van der Waals surface area contributed by atoms with E-state index in [0.717, 1.165) is 31.3 Å². The maximum Gasteiger partial charge on any atom is 0.333 e. The minimum atomic E-state index is -1.27. The second kappa shape index (κ2) is 9.22. The molecule has 0 saturated carbocycles. The van der Waals surface area contributed by atoms with Crippen LogP contribution in [0.3, 0.4) is 0 Å². The van der Waals surface area contributed by atoms with Crippen molar-refractivity contribution in [1.29, 1.82) is 0 Å². The van der Waals surface area contributed by atoms with Crippen molar-refractivity contribution < 1.29 is 24.5 Å². The Balaban J connectivity index is 1.17. The lowest BCUT2D eigenvalue weighted by atomic mass is 9.98. The number of aliphatic hydroxyl groups is 2. The van der Waals surface area contributed by atoms with Crippen molar-refractivity contribution in [3.05, 3.63) is 58.5 Å². The number of benzene rings is 1. The molecule has 3 atom stereocenters. The second-order valence-electron chi connectivity index (χ2n) is 7.59. The van der Waals surface area contributed by atoms with Crippen molar-refractivity contribution in [3.8, 4) is 0 Å². The molecule has 1 aromatic heterocycles. The molecule has 6 heteroatoms. The summed E-state index contributed by atoms with van der Waals surface area (Å²) in [6.45, 7) is 0. The number of aliphatic hydroxyl groups excluding tert-OH is 2. The Hall–Kier alpha value is -1.99. The van der Waals surface area contributed by atoms with Crippen molar-refractivity contribution >= 4 is 27.4 Å². The van der Waals surface area contributed by atoms with E-state index >= 15 is 0 Å². The van der Waals surface area contributed by atoms with E-state index in [1.807, 2.05) is 17.4 Å². The highest BCUT2D eigenvalue weighted by Crippen LogP contribution is 2.30. The van der Waals surface area contributed by atoms with Gasteiger partial charge < -0.3 is 19.7 Å². The molecule has 4 rings (SSSR count). The standard InChI is InChI=1S/C23H26O5S/c24-21-14-18(23(26)28-21)19-12-11-15(22(25)27-19)7-3-1-2-4-9-17-13-16-8-5-6-10-20(16)29-17/h5-6,8,10-11,13-14,19,22-23,25-26H,1-4,7,9,12H2. The summed E-state index contributed by atoms with van der Waals surface area (Å²) in [4.78, 5) is 12.7. The number of hydrogen-bond acceptors (Lipinski definition) is 6. The van der Waals surface area contributed by atoms with Crippen molar-refractivity contribution in [2.24, 2.45) is 0 Å². The molecule has 0 spiro atoms. The first-order valence-corrected chi connectivity index (χ1v) is 11.0. The highest BCUT2D eigenvalue weighted by atomic mass is 32.1. The van der Waals surface area contributed by atoms with E-state index in [9.17, 15) is 15.0 Å². The van der Waals surface area contributed by atoms with Crippen LogP contribution in [0, 0.1) is 0 Å². The minimum Gasteiger partial charge on any atom is -0.429 e. The summed E-state index contributed by atoms with van der Waals surface area (Å²) in [7, 11) is 0. The van der Waals surface area contributed by atoms with E-state index in [4.69, 9.17) is 4.74 Å². The third-order valence-electron chi connectivity index (χ3n) is 5.49. The van der Waals surface area contributed by atoms with Crippen LogP contribution in [0.25, 0.3) is 10.1 Å². The topological polar surface area (TPSA) is 76.0 Å². The van der Waals surface area contributed by atoms with Crippen LogP contribution < -0.4 is 0 Å². The number of hydrogen-bond donors (Lipinski definition) is 2. The van der Waals surface area contributed by atoms with Gasteiger partial charge in [-0.1, -0.05) is 37.1 Å². The van der Waals surface area contributed by atoms with E-state index in [2.05, 4.69) is 35.1 Å². The molecule has 2 aliphatic rings. The van der Waals surface area contributed by atoms with E-state index in [0.29, 0.717) is 12.0 Å². The molecule has 0 radical (unpaired) electrons. The van der Waals surface area contributed by atoms with Gasteiger partial charge in [0.2, 0.25) is 6.29 Å². The number of rotatable bonds is 8. The number of ether oxygens (including phenoxy) is 2. The molecule has 0 fully saturated rings. The normalized spacial score (nSPS) is 24.5. The number of esters is 1. The summed E-state index contributed by atoms with van der Waals surface area (Å²) in [6, 6.07) is 10.8. The summed E-state index contributed by atoms with van der Waals surface area (Å²) in [5.74, 6) is -0.573. The summed E-state index contributed by atoms with van der Waals surface area (Å²) in [5, 5.41) is 21.3. The average molecular weight is 415 g/mol. The first-order chi connectivity index (χ1) is 14.1. The number of aryl methyl sites for hydroxylation is 1. The van der Waals surface area contributed by atoms with Gasteiger partial charge in [0, 0.05) is 21.2 Å². The molecule has 29 heavy (non-hydrogen) atoms. The van der Waals surface area contributed by atoms with Crippen molar-refractivity contribution in [1.82, 2.24) is 0 Å². The Labute approximate surface area is 174 Å². The van der Waals surface area contributed by atoms with E-state index in [1.165, 1.54) is 33.9 Å². The van der Waals surface area contributed by atoms with Crippen LogP contribution in [0.5, 0.6) is 0 Å². The molecule has 0 amide bonds.